The van der Waals surface area contributed by atoms with Crippen LogP contribution >= 0.6 is 0 Å². The van der Waals surface area contributed by atoms with Crippen molar-refractivity contribution in [1.82, 2.24) is 5.32 Å². The highest BCUT2D eigenvalue weighted by molar-refractivity contribution is 5.46. The van der Waals surface area contributed by atoms with Crippen LogP contribution in [0.15, 0.2) is 18.2 Å². The van der Waals surface area contributed by atoms with Crippen molar-refractivity contribution in [1.29, 1.82) is 0 Å². The summed E-state index contributed by atoms with van der Waals surface area (Å²) in [6, 6.07) is 5.78. The Morgan fingerprint density at radius 1 is 1.15 bits per heavy atom. The van der Waals surface area contributed by atoms with Gasteiger partial charge in [0.25, 0.3) is 0 Å². The van der Waals surface area contributed by atoms with E-state index in [-0.39, 0.29) is 13.2 Å². The lowest BCUT2D eigenvalue weighted by Crippen LogP contribution is -2.24. The predicted octanol–water partition coefficient (Wildman–Crippen LogP) is 1.58. The summed E-state index contributed by atoms with van der Waals surface area (Å²) in [5.41, 5.74) is 1.00. The molecule has 5 nitrogen and oxygen atoms in total. The fourth-order valence-corrected chi connectivity index (χ4v) is 1.81. The van der Waals surface area contributed by atoms with Crippen LogP contribution in [0.5, 0.6) is 11.5 Å². The third kappa shape index (κ3) is 5.36. The number of para-hydroxylation sites is 1. The molecular weight excluding hydrogens is 258 g/mol. The molecule has 5 heteroatoms. The molecule has 2 N–H and O–H groups in total. The fourth-order valence-electron chi connectivity index (χ4n) is 1.81. The van der Waals surface area contributed by atoms with Crippen molar-refractivity contribution in [2.75, 3.05) is 33.5 Å². The van der Waals surface area contributed by atoms with Gasteiger partial charge in [0.2, 0.25) is 0 Å². The van der Waals surface area contributed by atoms with Crippen LogP contribution in [-0.4, -0.2) is 44.7 Å². The van der Waals surface area contributed by atoms with Gasteiger partial charge in [0.15, 0.2) is 11.5 Å². The van der Waals surface area contributed by atoms with E-state index in [4.69, 9.17) is 14.2 Å². The van der Waals surface area contributed by atoms with E-state index in [2.05, 4.69) is 5.32 Å². The van der Waals surface area contributed by atoms with E-state index in [1.807, 2.05) is 39.1 Å². The lowest BCUT2D eigenvalue weighted by Gasteiger charge is -2.18. The Labute approximate surface area is 120 Å². The molecule has 0 heterocycles. The molecule has 0 saturated carbocycles. The summed E-state index contributed by atoms with van der Waals surface area (Å²) >= 11 is 0. The van der Waals surface area contributed by atoms with Crippen molar-refractivity contribution >= 4 is 0 Å². The zero-order chi connectivity index (χ0) is 14.8. The molecule has 0 aliphatic heterocycles. The van der Waals surface area contributed by atoms with Gasteiger partial charge in [-0.1, -0.05) is 12.1 Å². The highest BCUT2D eigenvalue weighted by Crippen LogP contribution is 2.31. The molecule has 0 fully saturated rings. The quantitative estimate of drug-likeness (QED) is 0.683. The molecule has 0 bridgehead atoms. The molecule has 1 aromatic carbocycles. The maximum atomic E-state index is 9.78. The van der Waals surface area contributed by atoms with E-state index in [0.29, 0.717) is 31.3 Å². The van der Waals surface area contributed by atoms with Gasteiger partial charge in [-0.25, -0.2) is 0 Å². The van der Waals surface area contributed by atoms with Crippen molar-refractivity contribution in [3.63, 3.8) is 0 Å². The van der Waals surface area contributed by atoms with Crippen LogP contribution in [-0.2, 0) is 11.3 Å². The van der Waals surface area contributed by atoms with Crippen LogP contribution in [0.1, 0.15) is 19.4 Å². The van der Waals surface area contributed by atoms with Gasteiger partial charge in [-0.2, -0.15) is 0 Å². The van der Waals surface area contributed by atoms with Crippen molar-refractivity contribution in [2.45, 2.75) is 26.5 Å². The van der Waals surface area contributed by atoms with E-state index in [0.717, 1.165) is 5.56 Å². The topological polar surface area (TPSA) is 60.0 Å². The second kappa shape index (κ2) is 9.58. The van der Waals surface area contributed by atoms with E-state index < -0.39 is 6.10 Å². The summed E-state index contributed by atoms with van der Waals surface area (Å²) < 4.78 is 16.5. The van der Waals surface area contributed by atoms with Crippen LogP contribution in [0.2, 0.25) is 0 Å². The molecular formula is C15H25NO4. The first kappa shape index (κ1) is 16.8. The van der Waals surface area contributed by atoms with Crippen LogP contribution in [0.25, 0.3) is 0 Å². The zero-order valence-corrected chi connectivity index (χ0v) is 12.5. The van der Waals surface area contributed by atoms with E-state index in [1.165, 1.54) is 0 Å². The number of aliphatic hydroxyl groups is 1. The second-order valence-electron chi connectivity index (χ2n) is 4.33. The minimum Gasteiger partial charge on any atom is -0.490 e. The van der Waals surface area contributed by atoms with Gasteiger partial charge in [0.05, 0.1) is 13.2 Å². The maximum Gasteiger partial charge on any atom is 0.165 e. The number of aliphatic hydroxyl groups excluding tert-OH is 1. The van der Waals surface area contributed by atoms with Crippen molar-refractivity contribution < 1.29 is 19.3 Å². The first-order chi connectivity index (χ1) is 9.72. The van der Waals surface area contributed by atoms with Gasteiger partial charge < -0.3 is 24.6 Å². The molecule has 1 unspecified atom stereocenters. The molecule has 0 aliphatic carbocycles. The van der Waals surface area contributed by atoms with Gasteiger partial charge in [-0.15, -0.1) is 0 Å². The van der Waals surface area contributed by atoms with Gasteiger partial charge in [0.1, 0.15) is 12.7 Å². The molecule has 0 aromatic heterocycles. The molecule has 0 aliphatic rings. The molecule has 114 valence electrons. The van der Waals surface area contributed by atoms with Crippen LogP contribution in [0.3, 0.4) is 0 Å². The predicted molar refractivity (Wildman–Crippen MR) is 78.4 cm³/mol. The Balaban J connectivity index is 2.73. The number of hydrogen-bond donors (Lipinski definition) is 2. The van der Waals surface area contributed by atoms with Gasteiger partial charge in [-0.05, 0) is 27.0 Å². The third-order valence-electron chi connectivity index (χ3n) is 2.66. The SMILES string of the molecule is CCOCC(O)COc1c(CNC)cccc1OCC. The Kier molecular flexibility index (Phi) is 8.02. The van der Waals surface area contributed by atoms with E-state index in [1.54, 1.807) is 0 Å². The molecule has 1 rings (SSSR count). The van der Waals surface area contributed by atoms with Crippen LogP contribution < -0.4 is 14.8 Å². The maximum absolute atomic E-state index is 9.78. The largest absolute Gasteiger partial charge is 0.490 e. The van der Waals surface area contributed by atoms with Gasteiger partial charge >= 0.3 is 0 Å². The van der Waals surface area contributed by atoms with Crippen molar-refractivity contribution in [3.05, 3.63) is 23.8 Å². The van der Waals surface area contributed by atoms with Crippen LogP contribution in [0, 0.1) is 0 Å². The Morgan fingerprint density at radius 2 is 1.95 bits per heavy atom. The third-order valence-corrected chi connectivity index (χ3v) is 2.66. The van der Waals surface area contributed by atoms with Crippen LogP contribution in [0.4, 0.5) is 0 Å². The molecule has 0 radical (unpaired) electrons. The minimum atomic E-state index is -0.646. The van der Waals surface area contributed by atoms with Gasteiger partial charge in [-0.3, -0.25) is 0 Å². The monoisotopic (exact) mass is 283 g/mol. The van der Waals surface area contributed by atoms with Gasteiger partial charge in [0, 0.05) is 18.7 Å². The molecule has 0 amide bonds. The zero-order valence-electron chi connectivity index (χ0n) is 12.5. The average molecular weight is 283 g/mol. The molecule has 1 aromatic rings. The summed E-state index contributed by atoms with van der Waals surface area (Å²) in [7, 11) is 1.88. The second-order valence-corrected chi connectivity index (χ2v) is 4.33. The fraction of sp³-hybridized carbons (Fsp3) is 0.600. The summed E-state index contributed by atoms with van der Waals surface area (Å²) in [5.74, 6) is 1.38. The average Bonchev–Trinajstić information content (AvgIpc) is 2.45. The summed E-state index contributed by atoms with van der Waals surface area (Å²) in [4.78, 5) is 0. The summed E-state index contributed by atoms with van der Waals surface area (Å²) in [6.45, 7) is 6.10. The minimum absolute atomic E-state index is 0.181. The Bertz CT molecular complexity index is 360. The standard InChI is InChI=1S/C15H25NO4/c1-4-18-10-13(17)11-20-15-12(9-16-3)7-6-8-14(15)19-5-2/h6-8,13,16-17H,4-5,9-11H2,1-3H3. The Morgan fingerprint density at radius 3 is 2.60 bits per heavy atom. The summed E-state index contributed by atoms with van der Waals surface area (Å²) in [6.07, 6.45) is -0.646. The first-order valence-corrected chi connectivity index (χ1v) is 7.00. The van der Waals surface area contributed by atoms with Crippen molar-refractivity contribution in [2.24, 2.45) is 0 Å². The Hall–Kier alpha value is -1.30. The summed E-state index contributed by atoms with van der Waals surface area (Å²) in [5, 5.41) is 12.9. The van der Waals surface area contributed by atoms with E-state index in [9.17, 15) is 5.11 Å². The highest BCUT2D eigenvalue weighted by atomic mass is 16.5. The molecule has 0 spiro atoms. The smallest absolute Gasteiger partial charge is 0.165 e. The molecule has 1 atom stereocenters. The number of rotatable bonds is 10. The number of hydrogen-bond acceptors (Lipinski definition) is 5. The number of ether oxygens (including phenoxy) is 3. The molecule has 20 heavy (non-hydrogen) atoms. The lowest BCUT2D eigenvalue weighted by molar-refractivity contribution is 0.0156. The van der Waals surface area contributed by atoms with Crippen molar-refractivity contribution in [3.8, 4) is 11.5 Å². The number of nitrogens with one attached hydrogen (secondary N) is 1. The number of benzene rings is 1. The lowest BCUT2D eigenvalue weighted by atomic mass is 10.2. The highest BCUT2D eigenvalue weighted by Gasteiger charge is 2.13. The normalized spacial score (nSPS) is 12.2. The first-order valence-electron chi connectivity index (χ1n) is 7.00. The molecule has 0 saturated heterocycles. The van der Waals surface area contributed by atoms with E-state index >= 15 is 0 Å².